The lowest BCUT2D eigenvalue weighted by molar-refractivity contribution is -0.138. The molecule has 0 aromatic heterocycles. The molecule has 0 aliphatic carbocycles. The molecular weight excluding hydrogens is 256 g/mol. The minimum atomic E-state index is -1.80. The van der Waals surface area contributed by atoms with Crippen LogP contribution in [0.1, 0.15) is 19.4 Å². The molecule has 1 rings (SSSR count). The number of esters is 1. The molecule has 0 saturated carbocycles. The van der Waals surface area contributed by atoms with Crippen molar-refractivity contribution in [3.05, 3.63) is 41.5 Å². The third-order valence-electron chi connectivity index (χ3n) is 2.37. The van der Waals surface area contributed by atoms with Crippen molar-refractivity contribution in [1.29, 1.82) is 0 Å². The predicted octanol–water partition coefficient (Wildman–Crippen LogP) is 3.83. The van der Waals surface area contributed by atoms with Gasteiger partial charge in [0.15, 0.2) is 0 Å². The molecule has 19 heavy (non-hydrogen) atoms. The van der Waals surface area contributed by atoms with Crippen LogP contribution in [0.4, 0.5) is 0 Å². The van der Waals surface area contributed by atoms with Crippen LogP contribution in [0.25, 0.3) is 5.76 Å². The van der Waals surface area contributed by atoms with Crippen molar-refractivity contribution >= 4 is 20.0 Å². The Bertz CT molecular complexity index is 458. The molecule has 4 heteroatoms. The Morgan fingerprint density at radius 2 is 1.74 bits per heavy atom. The van der Waals surface area contributed by atoms with Gasteiger partial charge in [-0.05, 0) is 33.5 Å². The van der Waals surface area contributed by atoms with E-state index in [1.165, 1.54) is 0 Å². The lowest BCUT2D eigenvalue weighted by Gasteiger charge is -2.23. The highest BCUT2D eigenvalue weighted by Crippen LogP contribution is 2.25. The number of rotatable bonds is 5. The highest BCUT2D eigenvalue weighted by atomic mass is 28.4. The lowest BCUT2D eigenvalue weighted by atomic mass is 10.1. The summed E-state index contributed by atoms with van der Waals surface area (Å²) >= 11 is 0. The molecule has 0 saturated heterocycles. The summed E-state index contributed by atoms with van der Waals surface area (Å²) in [5, 5.41) is 0. The predicted molar refractivity (Wildman–Crippen MR) is 80.1 cm³/mol. The second-order valence-electron chi connectivity index (χ2n) is 5.26. The Hall–Kier alpha value is -1.55. The number of carbonyl (C=O) groups excluding carboxylic acids is 1. The highest BCUT2D eigenvalue weighted by Gasteiger charge is 2.22. The van der Waals surface area contributed by atoms with Gasteiger partial charge in [-0.1, -0.05) is 30.3 Å². The van der Waals surface area contributed by atoms with Gasteiger partial charge in [-0.25, -0.2) is 4.79 Å². The minimum absolute atomic E-state index is 0.320. The van der Waals surface area contributed by atoms with Crippen molar-refractivity contribution in [3.8, 4) is 0 Å². The van der Waals surface area contributed by atoms with Gasteiger partial charge in [-0.2, -0.15) is 0 Å². The van der Waals surface area contributed by atoms with E-state index >= 15 is 0 Å². The topological polar surface area (TPSA) is 35.5 Å². The molecule has 0 heterocycles. The second kappa shape index (κ2) is 6.57. The molecule has 0 atom stereocenters. The number of hydrogen-bond acceptors (Lipinski definition) is 3. The van der Waals surface area contributed by atoms with E-state index in [2.05, 4.69) is 19.6 Å². The Morgan fingerprint density at radius 1 is 1.16 bits per heavy atom. The lowest BCUT2D eigenvalue weighted by Crippen LogP contribution is -2.25. The van der Waals surface area contributed by atoms with Gasteiger partial charge in [0.05, 0.1) is 12.2 Å². The molecule has 0 aliphatic rings. The molecule has 0 aliphatic heterocycles. The van der Waals surface area contributed by atoms with Crippen molar-refractivity contribution in [1.82, 2.24) is 0 Å². The molecule has 3 nitrogen and oxygen atoms in total. The molecule has 1 aromatic rings. The first-order valence-electron chi connectivity index (χ1n) is 6.47. The third-order valence-corrected chi connectivity index (χ3v) is 3.18. The SMILES string of the molecule is CCOC(=O)/C(C)=C(/O[Si](C)(C)C)c1ccccc1. The maximum absolute atomic E-state index is 11.9. The summed E-state index contributed by atoms with van der Waals surface area (Å²) in [5.41, 5.74) is 1.44. The van der Waals surface area contributed by atoms with Crippen LogP contribution in [0, 0.1) is 0 Å². The zero-order valence-electron chi connectivity index (χ0n) is 12.3. The minimum Gasteiger partial charge on any atom is -0.544 e. The second-order valence-corrected chi connectivity index (χ2v) is 9.68. The van der Waals surface area contributed by atoms with Crippen LogP contribution < -0.4 is 0 Å². The molecular formula is C15H22O3Si. The first-order valence-corrected chi connectivity index (χ1v) is 9.88. The van der Waals surface area contributed by atoms with E-state index in [4.69, 9.17) is 9.16 Å². The van der Waals surface area contributed by atoms with E-state index in [1.54, 1.807) is 13.8 Å². The summed E-state index contributed by atoms with van der Waals surface area (Å²) in [5.74, 6) is 0.317. The van der Waals surface area contributed by atoms with Gasteiger partial charge in [-0.15, -0.1) is 0 Å². The Kier molecular flexibility index (Phi) is 5.36. The van der Waals surface area contributed by atoms with Crippen molar-refractivity contribution in [2.24, 2.45) is 0 Å². The molecule has 0 radical (unpaired) electrons. The zero-order valence-corrected chi connectivity index (χ0v) is 13.3. The third kappa shape index (κ3) is 4.91. The fraction of sp³-hybridized carbons (Fsp3) is 0.400. The van der Waals surface area contributed by atoms with E-state index in [0.29, 0.717) is 17.9 Å². The molecule has 1 aromatic carbocycles. The van der Waals surface area contributed by atoms with Crippen LogP contribution >= 0.6 is 0 Å². The molecule has 0 bridgehead atoms. The van der Waals surface area contributed by atoms with E-state index in [1.807, 2.05) is 30.3 Å². The monoisotopic (exact) mass is 278 g/mol. The molecule has 0 unspecified atom stereocenters. The van der Waals surface area contributed by atoms with E-state index < -0.39 is 8.32 Å². The molecule has 104 valence electrons. The van der Waals surface area contributed by atoms with Crippen molar-refractivity contribution < 1.29 is 14.0 Å². The van der Waals surface area contributed by atoms with Crippen LogP contribution in [0.5, 0.6) is 0 Å². The summed E-state index contributed by atoms with van der Waals surface area (Å²) in [4.78, 5) is 11.9. The summed E-state index contributed by atoms with van der Waals surface area (Å²) in [6.45, 7) is 10.2. The maximum Gasteiger partial charge on any atom is 0.337 e. The van der Waals surface area contributed by atoms with Gasteiger partial charge in [0.25, 0.3) is 0 Å². The Labute approximate surface area is 116 Å². The number of benzene rings is 1. The van der Waals surface area contributed by atoms with E-state index in [0.717, 1.165) is 5.56 Å². The summed E-state index contributed by atoms with van der Waals surface area (Å²) < 4.78 is 11.1. The average Bonchev–Trinajstić information content (AvgIpc) is 2.35. The summed E-state index contributed by atoms with van der Waals surface area (Å²) in [6.07, 6.45) is 0. The first kappa shape index (κ1) is 15.5. The van der Waals surface area contributed by atoms with Crippen molar-refractivity contribution in [2.75, 3.05) is 6.61 Å². The largest absolute Gasteiger partial charge is 0.544 e. The van der Waals surface area contributed by atoms with Gasteiger partial charge < -0.3 is 9.16 Å². The molecule has 0 N–H and O–H groups in total. The van der Waals surface area contributed by atoms with Crippen molar-refractivity contribution in [2.45, 2.75) is 33.5 Å². The Morgan fingerprint density at radius 3 is 2.21 bits per heavy atom. The van der Waals surface area contributed by atoms with Crippen LogP contribution in [0.3, 0.4) is 0 Å². The van der Waals surface area contributed by atoms with E-state index in [-0.39, 0.29) is 5.97 Å². The first-order chi connectivity index (χ1) is 8.85. The van der Waals surface area contributed by atoms with Crippen molar-refractivity contribution in [3.63, 3.8) is 0 Å². The highest BCUT2D eigenvalue weighted by molar-refractivity contribution is 6.70. The van der Waals surface area contributed by atoms with Gasteiger partial charge in [0.2, 0.25) is 8.32 Å². The summed E-state index contributed by atoms with van der Waals surface area (Å²) in [6, 6.07) is 9.69. The quantitative estimate of drug-likeness (QED) is 0.355. The fourth-order valence-corrected chi connectivity index (χ4v) is 2.46. The maximum atomic E-state index is 11.9. The normalized spacial score (nSPS) is 12.7. The van der Waals surface area contributed by atoms with Crippen LogP contribution in [0.2, 0.25) is 19.6 Å². The summed E-state index contributed by atoms with van der Waals surface area (Å²) in [7, 11) is -1.80. The number of hydrogen-bond donors (Lipinski definition) is 0. The van der Waals surface area contributed by atoms with Gasteiger partial charge in [0, 0.05) is 5.56 Å². The standard InChI is InChI=1S/C15H22O3Si/c1-6-17-15(16)12(2)14(18-19(3,4)5)13-10-8-7-9-11-13/h7-11H,6H2,1-5H3/b14-12+. The molecule has 0 fully saturated rings. The number of carbonyl (C=O) groups is 1. The van der Waals surface area contributed by atoms with Gasteiger partial charge in [-0.3, -0.25) is 0 Å². The zero-order chi connectivity index (χ0) is 14.5. The smallest absolute Gasteiger partial charge is 0.337 e. The fourth-order valence-electron chi connectivity index (χ4n) is 1.58. The molecule has 0 amide bonds. The average molecular weight is 278 g/mol. The van der Waals surface area contributed by atoms with Crippen LogP contribution in [-0.2, 0) is 14.0 Å². The van der Waals surface area contributed by atoms with E-state index in [9.17, 15) is 4.79 Å². The number of ether oxygens (including phenoxy) is 1. The van der Waals surface area contributed by atoms with Gasteiger partial charge >= 0.3 is 5.97 Å². The Balaban J connectivity index is 3.19. The van der Waals surface area contributed by atoms with Crippen LogP contribution in [0.15, 0.2) is 35.9 Å². The van der Waals surface area contributed by atoms with Crippen LogP contribution in [-0.4, -0.2) is 20.9 Å². The van der Waals surface area contributed by atoms with Gasteiger partial charge in [0.1, 0.15) is 5.76 Å². The molecule has 0 spiro atoms.